The van der Waals surface area contributed by atoms with E-state index in [1.807, 2.05) is 30.3 Å². The zero-order chi connectivity index (χ0) is 17.6. The number of carbonyl (C=O) groups is 1. The van der Waals surface area contributed by atoms with Gasteiger partial charge in [-0.05, 0) is 29.2 Å². The molecule has 0 spiro atoms. The minimum atomic E-state index is -0.223. The summed E-state index contributed by atoms with van der Waals surface area (Å²) in [5, 5.41) is 7.15. The number of benzene rings is 2. The van der Waals surface area contributed by atoms with Gasteiger partial charge in [0.05, 0.1) is 23.3 Å². The molecule has 2 aromatic rings. The van der Waals surface area contributed by atoms with E-state index in [0.29, 0.717) is 6.42 Å². The Morgan fingerprint density at radius 3 is 2.48 bits per heavy atom. The van der Waals surface area contributed by atoms with Gasteiger partial charge in [-0.3, -0.25) is 4.79 Å². The third-order valence-corrected chi connectivity index (χ3v) is 5.67. The molecule has 3 nitrogen and oxygen atoms in total. The predicted octanol–water partition coefficient (Wildman–Crippen LogP) is 5.53. The average Bonchev–Trinajstić information content (AvgIpc) is 2.70. The second-order valence-corrected chi connectivity index (χ2v) is 8.38. The van der Waals surface area contributed by atoms with E-state index in [2.05, 4.69) is 64.7 Å². The molecule has 128 valence electrons. The molecule has 0 saturated heterocycles. The van der Waals surface area contributed by atoms with E-state index in [9.17, 15) is 4.79 Å². The van der Waals surface area contributed by atoms with Gasteiger partial charge in [0.25, 0.3) is 0 Å². The van der Waals surface area contributed by atoms with Crippen LogP contribution in [0.2, 0.25) is 0 Å². The lowest BCUT2D eigenvalue weighted by Crippen LogP contribution is -2.36. The smallest absolute Gasteiger partial charge is 0.145 e. The van der Waals surface area contributed by atoms with Crippen molar-refractivity contribution in [3.05, 3.63) is 70.3 Å². The summed E-state index contributed by atoms with van der Waals surface area (Å²) in [7, 11) is 0. The molecule has 2 aromatic carbocycles. The number of fused-ring (bicyclic) bond motifs is 2. The number of rotatable bonds is 1. The van der Waals surface area contributed by atoms with Crippen molar-refractivity contribution in [3.8, 4) is 0 Å². The fraction of sp³-hybridized carbons (Fsp3) is 0.286. The van der Waals surface area contributed by atoms with Gasteiger partial charge in [0, 0.05) is 16.6 Å². The summed E-state index contributed by atoms with van der Waals surface area (Å²) in [6.07, 6.45) is 2.79. The molecule has 2 N–H and O–H groups in total. The highest BCUT2D eigenvalue weighted by atomic mass is 79.9. The van der Waals surface area contributed by atoms with Gasteiger partial charge in [-0.1, -0.05) is 66.2 Å². The summed E-state index contributed by atoms with van der Waals surface area (Å²) in [6.45, 7) is 4.24. The highest BCUT2D eigenvalue weighted by Crippen LogP contribution is 2.46. The van der Waals surface area contributed by atoms with Crippen molar-refractivity contribution < 1.29 is 4.79 Å². The van der Waals surface area contributed by atoms with Crippen LogP contribution in [-0.2, 0) is 4.79 Å². The van der Waals surface area contributed by atoms with E-state index in [0.717, 1.165) is 27.1 Å². The standard InChI is InChI=1S/C21H21BrN2O/c1-21(2)11-17-19(18(25)12-21)20(13-7-3-4-8-14(13)22)24-16-10-6-5-9-15(16)23-17/h3-11,19-20,23-24H,12H2,1-2H3/t19-,20-/m1/s1. The van der Waals surface area contributed by atoms with E-state index >= 15 is 0 Å². The molecule has 0 amide bonds. The Morgan fingerprint density at radius 1 is 1.04 bits per heavy atom. The maximum Gasteiger partial charge on any atom is 0.145 e. The number of anilines is 2. The lowest BCUT2D eigenvalue weighted by molar-refractivity contribution is -0.124. The molecule has 2 aliphatic rings. The van der Waals surface area contributed by atoms with E-state index in [1.54, 1.807) is 0 Å². The summed E-state index contributed by atoms with van der Waals surface area (Å²) in [6, 6.07) is 16.2. The van der Waals surface area contributed by atoms with Crippen LogP contribution in [0.25, 0.3) is 0 Å². The molecule has 1 aliphatic carbocycles. The van der Waals surface area contributed by atoms with Gasteiger partial charge in [0.15, 0.2) is 0 Å². The molecule has 4 rings (SSSR count). The number of halogens is 1. The number of Topliss-reactive ketones (excluding diaryl/α,β-unsaturated/α-hetero) is 1. The molecule has 0 saturated carbocycles. The molecule has 0 fully saturated rings. The van der Waals surface area contributed by atoms with Crippen molar-refractivity contribution in [3.63, 3.8) is 0 Å². The first-order valence-electron chi connectivity index (χ1n) is 8.57. The molecule has 1 heterocycles. The summed E-state index contributed by atoms with van der Waals surface area (Å²) >= 11 is 3.67. The maximum atomic E-state index is 13.1. The fourth-order valence-corrected chi connectivity index (χ4v) is 4.41. The van der Waals surface area contributed by atoms with Crippen LogP contribution in [0.5, 0.6) is 0 Å². The number of allylic oxidation sites excluding steroid dienone is 1. The molecule has 0 radical (unpaired) electrons. The molecule has 1 aliphatic heterocycles. The van der Waals surface area contributed by atoms with Crippen LogP contribution in [0.3, 0.4) is 0 Å². The Morgan fingerprint density at radius 2 is 1.72 bits per heavy atom. The number of hydrogen-bond donors (Lipinski definition) is 2. The van der Waals surface area contributed by atoms with Crippen molar-refractivity contribution in [1.29, 1.82) is 0 Å². The Labute approximate surface area is 156 Å². The van der Waals surface area contributed by atoms with Crippen LogP contribution in [0.15, 0.2) is 64.8 Å². The molecule has 2 atom stereocenters. The van der Waals surface area contributed by atoms with Crippen molar-refractivity contribution in [1.82, 2.24) is 0 Å². The zero-order valence-corrected chi connectivity index (χ0v) is 15.9. The maximum absolute atomic E-state index is 13.1. The molecule has 0 bridgehead atoms. The van der Waals surface area contributed by atoms with Crippen molar-refractivity contribution in [2.75, 3.05) is 10.6 Å². The summed E-state index contributed by atoms with van der Waals surface area (Å²) in [5.41, 5.74) is 4.00. The van der Waals surface area contributed by atoms with Crippen LogP contribution < -0.4 is 10.6 Å². The monoisotopic (exact) mass is 396 g/mol. The first-order chi connectivity index (χ1) is 11.9. The third kappa shape index (κ3) is 2.99. The van der Waals surface area contributed by atoms with E-state index in [-0.39, 0.29) is 23.2 Å². The summed E-state index contributed by atoms with van der Waals surface area (Å²) in [5.74, 6) is 0.0511. The van der Waals surface area contributed by atoms with Crippen LogP contribution >= 0.6 is 15.9 Å². The number of ketones is 1. The highest BCUT2D eigenvalue weighted by molar-refractivity contribution is 9.10. The Bertz CT molecular complexity index is 872. The van der Waals surface area contributed by atoms with Gasteiger partial charge < -0.3 is 10.6 Å². The molecular weight excluding hydrogens is 376 g/mol. The van der Waals surface area contributed by atoms with Gasteiger partial charge in [-0.15, -0.1) is 0 Å². The molecule has 0 aromatic heterocycles. The Kier molecular flexibility index (Phi) is 3.95. The number of para-hydroxylation sites is 2. The normalized spacial score (nSPS) is 24.1. The van der Waals surface area contributed by atoms with Gasteiger partial charge in [-0.2, -0.15) is 0 Å². The van der Waals surface area contributed by atoms with Gasteiger partial charge >= 0.3 is 0 Å². The second-order valence-electron chi connectivity index (χ2n) is 7.52. The Hall–Kier alpha value is -2.07. The van der Waals surface area contributed by atoms with E-state index in [4.69, 9.17) is 0 Å². The topological polar surface area (TPSA) is 41.1 Å². The third-order valence-electron chi connectivity index (χ3n) is 4.95. The Balaban J connectivity index is 1.90. The molecular formula is C21H21BrN2O. The molecule has 25 heavy (non-hydrogen) atoms. The molecule has 4 heteroatoms. The SMILES string of the molecule is CC1(C)C=C2Nc3ccccc3N[C@H](c3ccccc3Br)[C@H]2C(=O)C1. The fourth-order valence-electron chi connectivity index (χ4n) is 3.88. The van der Waals surface area contributed by atoms with Crippen molar-refractivity contribution >= 4 is 33.1 Å². The summed E-state index contributed by atoms with van der Waals surface area (Å²) < 4.78 is 1.02. The number of hydrogen-bond acceptors (Lipinski definition) is 3. The van der Waals surface area contributed by atoms with Gasteiger partial charge in [0.1, 0.15) is 5.78 Å². The first-order valence-corrected chi connectivity index (χ1v) is 9.36. The van der Waals surface area contributed by atoms with Crippen LogP contribution in [0.4, 0.5) is 11.4 Å². The minimum Gasteiger partial charge on any atom is -0.375 e. The largest absolute Gasteiger partial charge is 0.375 e. The predicted molar refractivity (Wildman–Crippen MR) is 106 cm³/mol. The van der Waals surface area contributed by atoms with Gasteiger partial charge in [0.2, 0.25) is 0 Å². The summed E-state index contributed by atoms with van der Waals surface area (Å²) in [4.78, 5) is 13.1. The number of nitrogens with one attached hydrogen (secondary N) is 2. The van der Waals surface area contributed by atoms with Crippen LogP contribution in [0.1, 0.15) is 31.9 Å². The lowest BCUT2D eigenvalue weighted by atomic mass is 9.72. The average molecular weight is 397 g/mol. The van der Waals surface area contributed by atoms with E-state index < -0.39 is 0 Å². The first kappa shape index (κ1) is 16.4. The minimum absolute atomic E-state index is 0.110. The van der Waals surface area contributed by atoms with Crippen molar-refractivity contribution in [2.45, 2.75) is 26.3 Å². The molecule has 0 unspecified atom stereocenters. The zero-order valence-electron chi connectivity index (χ0n) is 14.3. The van der Waals surface area contributed by atoms with Crippen LogP contribution in [-0.4, -0.2) is 5.78 Å². The van der Waals surface area contributed by atoms with E-state index in [1.165, 1.54) is 0 Å². The van der Waals surface area contributed by atoms with Crippen molar-refractivity contribution in [2.24, 2.45) is 11.3 Å². The number of carbonyl (C=O) groups excluding carboxylic acids is 1. The quantitative estimate of drug-likeness (QED) is 0.665. The highest BCUT2D eigenvalue weighted by Gasteiger charge is 2.41. The van der Waals surface area contributed by atoms with Crippen LogP contribution in [0, 0.1) is 11.3 Å². The van der Waals surface area contributed by atoms with Gasteiger partial charge in [-0.25, -0.2) is 0 Å². The lowest BCUT2D eigenvalue weighted by Gasteiger charge is -2.35. The second kappa shape index (κ2) is 6.03.